The minimum Gasteiger partial charge on any atom is -0.399 e. The summed E-state index contributed by atoms with van der Waals surface area (Å²) in [6.45, 7) is 8.41. The molecule has 0 radical (unpaired) electrons. The Morgan fingerprint density at radius 1 is 1.05 bits per heavy atom. The van der Waals surface area contributed by atoms with Crippen LogP contribution in [0.15, 0.2) is 18.2 Å². The molecule has 114 valence electrons. The zero-order valence-corrected chi connectivity index (χ0v) is 15.6. The highest BCUT2D eigenvalue weighted by molar-refractivity contribution is 14.1. The maximum absolute atomic E-state index is 6.14. The first kappa shape index (κ1) is 15.8. The molecule has 4 heteroatoms. The second-order valence-electron chi connectivity index (χ2n) is 7.35. The highest BCUT2D eigenvalue weighted by Gasteiger charge is 2.51. The van der Waals surface area contributed by atoms with Crippen LogP contribution in [0.5, 0.6) is 0 Å². The van der Waals surface area contributed by atoms with E-state index in [1.807, 2.05) is 0 Å². The molecule has 1 saturated heterocycles. The molecular weight excluding hydrogens is 374 g/mol. The van der Waals surface area contributed by atoms with E-state index in [-0.39, 0.29) is 18.3 Å². The fraction of sp³-hybridized carbons (Fsp3) is 0.647. The molecule has 1 heterocycles. The van der Waals surface area contributed by atoms with Gasteiger partial charge in [0, 0.05) is 3.57 Å². The van der Waals surface area contributed by atoms with Crippen molar-refractivity contribution in [3.8, 4) is 0 Å². The van der Waals surface area contributed by atoms with Gasteiger partial charge in [0.15, 0.2) is 0 Å². The van der Waals surface area contributed by atoms with Crippen molar-refractivity contribution in [3.05, 3.63) is 27.3 Å². The summed E-state index contributed by atoms with van der Waals surface area (Å²) < 4.78 is 13.6. The lowest BCUT2D eigenvalue weighted by Crippen LogP contribution is -2.41. The van der Waals surface area contributed by atoms with Gasteiger partial charge in [0.05, 0.1) is 11.2 Å². The predicted octanol–water partition coefficient (Wildman–Crippen LogP) is 4.25. The highest BCUT2D eigenvalue weighted by Crippen LogP contribution is 2.38. The monoisotopic (exact) mass is 398 g/mol. The Morgan fingerprint density at radius 2 is 1.62 bits per heavy atom. The van der Waals surface area contributed by atoms with Crippen LogP contribution in [0.2, 0.25) is 0 Å². The van der Waals surface area contributed by atoms with Gasteiger partial charge in [0.2, 0.25) is 0 Å². The molecular formula is C17H24BIO2. The average Bonchev–Trinajstić information content (AvgIpc) is 2.96. The second kappa shape index (κ2) is 5.53. The molecule has 2 aliphatic rings. The van der Waals surface area contributed by atoms with Crippen LogP contribution in [0.1, 0.15) is 64.9 Å². The van der Waals surface area contributed by atoms with Gasteiger partial charge in [-0.05, 0) is 86.1 Å². The second-order valence-corrected chi connectivity index (χ2v) is 8.51. The van der Waals surface area contributed by atoms with Crippen molar-refractivity contribution in [2.75, 3.05) is 0 Å². The van der Waals surface area contributed by atoms with Crippen LogP contribution in [0, 0.1) is 3.57 Å². The quantitative estimate of drug-likeness (QED) is 0.548. The smallest absolute Gasteiger partial charge is 0.399 e. The van der Waals surface area contributed by atoms with Crippen molar-refractivity contribution >= 4 is 35.2 Å². The average molecular weight is 398 g/mol. The van der Waals surface area contributed by atoms with Crippen LogP contribution in [0.4, 0.5) is 0 Å². The SMILES string of the molecule is CC1(C)OB(c2ccc(C3CCCC3)c(I)c2)OC1(C)C. The first-order valence-electron chi connectivity index (χ1n) is 7.95. The molecule has 1 aromatic rings. The molecule has 0 bridgehead atoms. The lowest BCUT2D eigenvalue weighted by atomic mass is 9.78. The van der Waals surface area contributed by atoms with Crippen LogP contribution in [-0.2, 0) is 9.31 Å². The van der Waals surface area contributed by atoms with Gasteiger partial charge in [-0.25, -0.2) is 0 Å². The molecule has 1 aromatic carbocycles. The van der Waals surface area contributed by atoms with Gasteiger partial charge in [-0.1, -0.05) is 25.0 Å². The van der Waals surface area contributed by atoms with E-state index >= 15 is 0 Å². The van der Waals surface area contributed by atoms with E-state index in [4.69, 9.17) is 9.31 Å². The summed E-state index contributed by atoms with van der Waals surface area (Å²) in [5.74, 6) is 0.754. The number of hydrogen-bond acceptors (Lipinski definition) is 2. The summed E-state index contributed by atoms with van der Waals surface area (Å²) in [5, 5.41) is 0. The van der Waals surface area contributed by atoms with Crippen molar-refractivity contribution in [3.63, 3.8) is 0 Å². The highest BCUT2D eigenvalue weighted by atomic mass is 127. The van der Waals surface area contributed by atoms with E-state index in [2.05, 4.69) is 68.5 Å². The van der Waals surface area contributed by atoms with Crippen LogP contribution in [0.3, 0.4) is 0 Å². The van der Waals surface area contributed by atoms with Crippen molar-refractivity contribution in [1.29, 1.82) is 0 Å². The minimum atomic E-state index is -0.271. The number of hydrogen-bond donors (Lipinski definition) is 0. The summed E-state index contributed by atoms with van der Waals surface area (Å²) in [6.07, 6.45) is 5.43. The Balaban J connectivity index is 1.83. The van der Waals surface area contributed by atoms with Gasteiger partial charge < -0.3 is 9.31 Å². The molecule has 0 N–H and O–H groups in total. The Hall–Kier alpha value is -0.0651. The van der Waals surface area contributed by atoms with Gasteiger partial charge in [0.1, 0.15) is 0 Å². The molecule has 0 aromatic heterocycles. The van der Waals surface area contributed by atoms with Crippen LogP contribution >= 0.6 is 22.6 Å². The van der Waals surface area contributed by atoms with E-state index < -0.39 is 0 Å². The molecule has 0 amide bonds. The van der Waals surface area contributed by atoms with E-state index in [1.54, 1.807) is 0 Å². The largest absolute Gasteiger partial charge is 0.494 e. The van der Waals surface area contributed by atoms with Gasteiger partial charge in [0.25, 0.3) is 0 Å². The Kier molecular flexibility index (Phi) is 4.17. The Morgan fingerprint density at radius 3 is 2.14 bits per heavy atom. The molecule has 1 aliphatic carbocycles. The van der Waals surface area contributed by atoms with E-state index in [0.717, 1.165) is 11.4 Å². The first-order valence-corrected chi connectivity index (χ1v) is 9.03. The third-order valence-electron chi connectivity index (χ3n) is 5.34. The molecule has 2 nitrogen and oxygen atoms in total. The van der Waals surface area contributed by atoms with Gasteiger partial charge >= 0.3 is 7.12 Å². The molecule has 0 atom stereocenters. The third kappa shape index (κ3) is 2.91. The summed E-state index contributed by atoms with van der Waals surface area (Å²) in [5.41, 5.74) is 2.11. The molecule has 2 fully saturated rings. The van der Waals surface area contributed by atoms with Gasteiger partial charge in [-0.2, -0.15) is 0 Å². The number of rotatable bonds is 2. The topological polar surface area (TPSA) is 18.5 Å². The van der Waals surface area contributed by atoms with Crippen LogP contribution in [0.25, 0.3) is 0 Å². The number of benzene rings is 1. The molecule has 3 rings (SSSR count). The minimum absolute atomic E-state index is 0.249. The van der Waals surface area contributed by atoms with Gasteiger partial charge in [-0.15, -0.1) is 0 Å². The van der Waals surface area contributed by atoms with E-state index in [0.29, 0.717) is 0 Å². The zero-order chi connectivity index (χ0) is 15.3. The molecule has 1 aliphatic heterocycles. The summed E-state index contributed by atoms with van der Waals surface area (Å²) in [4.78, 5) is 0. The third-order valence-corrected chi connectivity index (χ3v) is 6.28. The maximum atomic E-state index is 6.14. The predicted molar refractivity (Wildman–Crippen MR) is 96.1 cm³/mol. The van der Waals surface area contributed by atoms with Crippen molar-refractivity contribution < 1.29 is 9.31 Å². The Labute approximate surface area is 142 Å². The normalized spacial score (nSPS) is 24.7. The first-order chi connectivity index (χ1) is 9.80. The van der Waals surface area contributed by atoms with Crippen LogP contribution in [-0.4, -0.2) is 18.3 Å². The maximum Gasteiger partial charge on any atom is 0.494 e. The standard InChI is InChI=1S/C17H24BIO2/c1-16(2)17(3,4)21-18(20-16)13-9-10-14(15(19)11-13)12-7-5-6-8-12/h9-12H,5-8H2,1-4H3. The van der Waals surface area contributed by atoms with Crippen molar-refractivity contribution in [2.24, 2.45) is 0 Å². The lowest BCUT2D eigenvalue weighted by Gasteiger charge is -2.32. The van der Waals surface area contributed by atoms with Crippen molar-refractivity contribution in [1.82, 2.24) is 0 Å². The summed E-state index contributed by atoms with van der Waals surface area (Å²) in [6, 6.07) is 6.73. The summed E-state index contributed by atoms with van der Waals surface area (Å²) in [7, 11) is -0.249. The fourth-order valence-corrected chi connectivity index (χ4v) is 4.22. The fourth-order valence-electron chi connectivity index (χ4n) is 3.24. The lowest BCUT2D eigenvalue weighted by molar-refractivity contribution is 0.00578. The summed E-state index contributed by atoms with van der Waals surface area (Å²) >= 11 is 2.47. The Bertz CT molecular complexity index is 520. The number of halogens is 1. The van der Waals surface area contributed by atoms with E-state index in [9.17, 15) is 0 Å². The van der Waals surface area contributed by atoms with E-state index in [1.165, 1.54) is 34.8 Å². The van der Waals surface area contributed by atoms with Gasteiger partial charge in [-0.3, -0.25) is 0 Å². The zero-order valence-electron chi connectivity index (χ0n) is 13.4. The molecule has 0 unspecified atom stereocenters. The molecule has 1 saturated carbocycles. The van der Waals surface area contributed by atoms with Crippen molar-refractivity contribution in [2.45, 2.75) is 70.5 Å². The molecule has 0 spiro atoms. The van der Waals surface area contributed by atoms with Crippen LogP contribution < -0.4 is 5.46 Å². The molecule has 21 heavy (non-hydrogen) atoms.